The lowest BCUT2D eigenvalue weighted by molar-refractivity contribution is 0.0699. The minimum atomic E-state index is -1.11. The Morgan fingerprint density at radius 2 is 2.16 bits per heavy atom. The molecule has 0 aliphatic rings. The van der Waals surface area contributed by atoms with E-state index in [9.17, 15) is 14.3 Å². The number of carbonyl (C=O) groups is 1. The van der Waals surface area contributed by atoms with E-state index in [-0.39, 0.29) is 10.9 Å². The highest BCUT2D eigenvalue weighted by Gasteiger charge is 2.14. The molecule has 19 heavy (non-hydrogen) atoms. The SMILES string of the molecule is O=C(O)c1cc(-c2nccs2)nc2ccc(F)cc12. The molecule has 0 atom stereocenters. The van der Waals surface area contributed by atoms with E-state index in [1.165, 1.54) is 35.6 Å². The van der Waals surface area contributed by atoms with Gasteiger partial charge in [-0.05, 0) is 24.3 Å². The molecule has 0 aliphatic carbocycles. The molecule has 0 spiro atoms. The van der Waals surface area contributed by atoms with Crippen molar-refractivity contribution >= 4 is 28.2 Å². The van der Waals surface area contributed by atoms with Crippen molar-refractivity contribution in [2.75, 3.05) is 0 Å². The van der Waals surface area contributed by atoms with Crippen LogP contribution in [0.4, 0.5) is 4.39 Å². The highest BCUT2D eigenvalue weighted by Crippen LogP contribution is 2.26. The quantitative estimate of drug-likeness (QED) is 0.779. The van der Waals surface area contributed by atoms with Crippen LogP contribution in [0.5, 0.6) is 0 Å². The largest absolute Gasteiger partial charge is 0.478 e. The molecule has 4 nitrogen and oxygen atoms in total. The summed E-state index contributed by atoms with van der Waals surface area (Å²) in [5.41, 5.74) is 0.938. The maximum Gasteiger partial charge on any atom is 0.336 e. The maximum absolute atomic E-state index is 13.2. The van der Waals surface area contributed by atoms with Crippen LogP contribution in [0.2, 0.25) is 0 Å². The van der Waals surface area contributed by atoms with Gasteiger partial charge in [0.2, 0.25) is 0 Å². The number of hydrogen-bond acceptors (Lipinski definition) is 4. The highest BCUT2D eigenvalue weighted by molar-refractivity contribution is 7.13. The Morgan fingerprint density at radius 3 is 2.84 bits per heavy atom. The molecular formula is C13H7FN2O2S. The Balaban J connectivity index is 2.34. The number of fused-ring (bicyclic) bond motifs is 1. The summed E-state index contributed by atoms with van der Waals surface area (Å²) in [6.45, 7) is 0. The van der Waals surface area contributed by atoms with Crippen LogP contribution in [0.1, 0.15) is 10.4 Å². The van der Waals surface area contributed by atoms with Crippen molar-refractivity contribution in [2.24, 2.45) is 0 Å². The van der Waals surface area contributed by atoms with Crippen molar-refractivity contribution in [3.8, 4) is 10.7 Å². The van der Waals surface area contributed by atoms with Gasteiger partial charge in [0.05, 0.1) is 11.1 Å². The van der Waals surface area contributed by atoms with Crippen molar-refractivity contribution < 1.29 is 14.3 Å². The topological polar surface area (TPSA) is 63.1 Å². The van der Waals surface area contributed by atoms with Gasteiger partial charge in [-0.2, -0.15) is 0 Å². The third-order valence-corrected chi connectivity index (χ3v) is 3.45. The lowest BCUT2D eigenvalue weighted by Crippen LogP contribution is -2.00. The van der Waals surface area contributed by atoms with E-state index in [1.807, 2.05) is 0 Å². The normalized spacial score (nSPS) is 10.8. The lowest BCUT2D eigenvalue weighted by Gasteiger charge is -2.05. The minimum absolute atomic E-state index is 0.0229. The first-order chi connectivity index (χ1) is 9.15. The average molecular weight is 274 g/mol. The van der Waals surface area contributed by atoms with Gasteiger partial charge in [-0.1, -0.05) is 0 Å². The third kappa shape index (κ3) is 2.06. The summed E-state index contributed by atoms with van der Waals surface area (Å²) in [4.78, 5) is 19.7. The number of thiazole rings is 1. The van der Waals surface area contributed by atoms with E-state index >= 15 is 0 Å². The molecule has 0 radical (unpaired) electrons. The number of carboxylic acid groups (broad SMARTS) is 1. The van der Waals surface area contributed by atoms with Gasteiger partial charge in [0, 0.05) is 17.0 Å². The molecular weight excluding hydrogens is 267 g/mol. The molecule has 0 amide bonds. The van der Waals surface area contributed by atoms with Crippen molar-refractivity contribution in [2.45, 2.75) is 0 Å². The minimum Gasteiger partial charge on any atom is -0.478 e. The first-order valence-electron chi connectivity index (χ1n) is 5.38. The average Bonchev–Trinajstić information content (AvgIpc) is 2.91. The van der Waals surface area contributed by atoms with Crippen LogP contribution in [0, 0.1) is 5.82 Å². The van der Waals surface area contributed by atoms with Gasteiger partial charge < -0.3 is 5.11 Å². The monoisotopic (exact) mass is 274 g/mol. The van der Waals surface area contributed by atoms with Gasteiger partial charge in [-0.3, -0.25) is 0 Å². The fourth-order valence-electron chi connectivity index (χ4n) is 1.83. The van der Waals surface area contributed by atoms with Gasteiger partial charge in [0.15, 0.2) is 0 Å². The van der Waals surface area contributed by atoms with Crippen molar-refractivity contribution in [1.29, 1.82) is 0 Å². The summed E-state index contributed by atoms with van der Waals surface area (Å²) >= 11 is 1.37. The molecule has 0 fully saturated rings. The Bertz CT molecular complexity index is 772. The molecule has 0 aliphatic heterocycles. The molecule has 3 rings (SSSR count). The number of aromatic carboxylic acids is 1. The van der Waals surface area contributed by atoms with Crippen LogP contribution in [-0.4, -0.2) is 21.0 Å². The second-order valence-corrected chi connectivity index (χ2v) is 4.75. The summed E-state index contributed by atoms with van der Waals surface area (Å²) in [7, 11) is 0. The number of rotatable bonds is 2. The molecule has 0 saturated heterocycles. The lowest BCUT2D eigenvalue weighted by atomic mass is 10.1. The highest BCUT2D eigenvalue weighted by atomic mass is 32.1. The molecule has 0 saturated carbocycles. The van der Waals surface area contributed by atoms with E-state index in [0.717, 1.165) is 0 Å². The van der Waals surface area contributed by atoms with Crippen LogP contribution in [0.3, 0.4) is 0 Å². The molecule has 2 aromatic heterocycles. The standard InChI is InChI=1S/C13H7FN2O2S/c14-7-1-2-10-8(5-7)9(13(17)18)6-11(16-10)12-15-3-4-19-12/h1-6H,(H,17,18). The summed E-state index contributed by atoms with van der Waals surface area (Å²) in [6, 6.07) is 5.32. The number of aromatic nitrogens is 2. The smallest absolute Gasteiger partial charge is 0.336 e. The molecule has 6 heteroatoms. The zero-order valence-electron chi connectivity index (χ0n) is 9.50. The fraction of sp³-hybridized carbons (Fsp3) is 0. The summed E-state index contributed by atoms with van der Waals surface area (Å²) < 4.78 is 13.2. The number of nitrogens with zero attached hydrogens (tertiary/aromatic N) is 2. The van der Waals surface area contributed by atoms with Crippen LogP contribution in [0.15, 0.2) is 35.8 Å². The van der Waals surface area contributed by atoms with Crippen molar-refractivity contribution in [3.05, 3.63) is 47.2 Å². The van der Waals surface area contributed by atoms with Gasteiger partial charge in [0.25, 0.3) is 0 Å². The van der Waals surface area contributed by atoms with E-state index < -0.39 is 11.8 Å². The predicted octanol–water partition coefficient (Wildman–Crippen LogP) is 3.20. The summed E-state index contributed by atoms with van der Waals surface area (Å²) in [5, 5.41) is 11.9. The first kappa shape index (κ1) is 11.7. The van der Waals surface area contributed by atoms with Crippen LogP contribution in [-0.2, 0) is 0 Å². The number of benzene rings is 1. The summed E-state index contributed by atoms with van der Waals surface area (Å²) in [6.07, 6.45) is 1.62. The molecule has 94 valence electrons. The second-order valence-electron chi connectivity index (χ2n) is 3.86. The number of halogens is 1. The molecule has 0 unspecified atom stereocenters. The van der Waals surface area contributed by atoms with Gasteiger partial charge in [-0.15, -0.1) is 11.3 Å². The van der Waals surface area contributed by atoms with Gasteiger partial charge in [-0.25, -0.2) is 19.2 Å². The zero-order chi connectivity index (χ0) is 13.4. The number of hydrogen-bond donors (Lipinski definition) is 1. The van der Waals surface area contributed by atoms with E-state index in [4.69, 9.17) is 0 Å². The van der Waals surface area contributed by atoms with Crippen LogP contribution in [0.25, 0.3) is 21.6 Å². The Kier molecular flexibility index (Phi) is 2.72. The maximum atomic E-state index is 13.2. The summed E-state index contributed by atoms with van der Waals surface area (Å²) in [5.74, 6) is -1.60. The van der Waals surface area contributed by atoms with E-state index in [1.54, 1.807) is 11.6 Å². The Labute approximate surface area is 111 Å². The number of pyridine rings is 1. The van der Waals surface area contributed by atoms with Gasteiger partial charge in [0.1, 0.15) is 16.5 Å². The molecule has 3 aromatic rings. The zero-order valence-corrected chi connectivity index (χ0v) is 10.3. The van der Waals surface area contributed by atoms with Crippen LogP contribution >= 0.6 is 11.3 Å². The Morgan fingerprint density at radius 1 is 1.32 bits per heavy atom. The molecule has 2 heterocycles. The van der Waals surface area contributed by atoms with Gasteiger partial charge >= 0.3 is 5.97 Å². The molecule has 1 N–H and O–H groups in total. The second kappa shape index (κ2) is 4.40. The Hall–Kier alpha value is -2.34. The van der Waals surface area contributed by atoms with E-state index in [0.29, 0.717) is 16.2 Å². The van der Waals surface area contributed by atoms with Crippen molar-refractivity contribution in [3.63, 3.8) is 0 Å². The third-order valence-electron chi connectivity index (χ3n) is 2.65. The van der Waals surface area contributed by atoms with Crippen molar-refractivity contribution in [1.82, 2.24) is 9.97 Å². The fourth-order valence-corrected chi connectivity index (χ4v) is 2.43. The van der Waals surface area contributed by atoms with E-state index in [2.05, 4.69) is 9.97 Å². The van der Waals surface area contributed by atoms with Crippen LogP contribution < -0.4 is 0 Å². The predicted molar refractivity (Wildman–Crippen MR) is 69.8 cm³/mol. The number of carboxylic acids is 1. The first-order valence-corrected chi connectivity index (χ1v) is 6.26. The molecule has 1 aromatic carbocycles. The molecule has 0 bridgehead atoms.